The number of nitro groups is 1. The van der Waals surface area contributed by atoms with Gasteiger partial charge in [-0.05, 0) is 31.0 Å². The van der Waals surface area contributed by atoms with Gasteiger partial charge in [0.15, 0.2) is 12.4 Å². The number of benzene rings is 1. The second-order valence-electron chi connectivity index (χ2n) is 7.10. The average molecular weight is 505 g/mol. The summed E-state index contributed by atoms with van der Waals surface area (Å²) in [5.41, 5.74) is 5.17. The van der Waals surface area contributed by atoms with Crippen molar-refractivity contribution in [3.8, 4) is 5.75 Å². The Morgan fingerprint density at radius 2 is 2.06 bits per heavy atom. The molecule has 2 heterocycles. The summed E-state index contributed by atoms with van der Waals surface area (Å²) >= 11 is 0.833. The van der Waals surface area contributed by atoms with E-state index < -0.39 is 34.2 Å². The molecule has 2 amide bonds. The predicted octanol–water partition coefficient (Wildman–Crippen LogP) is 3.25. The highest BCUT2D eigenvalue weighted by atomic mass is 32.1. The number of carbonyl (C=O) groups excluding carboxylic acids is 3. The molecule has 3 N–H and O–H groups in total. The Kier molecular flexibility index (Phi) is 7.76. The van der Waals surface area contributed by atoms with Gasteiger partial charge in [-0.3, -0.25) is 19.7 Å². The largest absolute Gasteiger partial charge is 0.464 e. The van der Waals surface area contributed by atoms with Gasteiger partial charge in [0.25, 0.3) is 11.8 Å². The number of rotatable bonds is 10. The summed E-state index contributed by atoms with van der Waals surface area (Å²) in [5.74, 6) is -3.20. The second-order valence-corrected chi connectivity index (χ2v) is 8.12. The zero-order chi connectivity index (χ0) is 25.7. The van der Waals surface area contributed by atoms with Crippen LogP contribution in [0.25, 0.3) is 0 Å². The number of halogens is 1. The third-order valence-electron chi connectivity index (χ3n) is 4.58. The standard InChI is InChI=1S/C21H20FN5O7S/c1-3-8-33-21(30)16-11(2)17(18(23)28)35-20(16)24-19(29)13-6-7-26(25-13)10-34-15-9-12(22)4-5-14(15)27(31)32/h4-7,9H,3,8,10H2,1-2H3,(H2,23,28)(H,24,29). The minimum atomic E-state index is -0.759. The van der Waals surface area contributed by atoms with Crippen LogP contribution in [0.1, 0.15) is 49.4 Å². The Bertz CT molecular complexity index is 1300. The van der Waals surface area contributed by atoms with E-state index in [-0.39, 0.29) is 45.8 Å². The molecule has 0 spiro atoms. The van der Waals surface area contributed by atoms with E-state index in [4.69, 9.17) is 15.2 Å². The number of nitrogens with zero attached hydrogens (tertiary/aromatic N) is 3. The Labute approximate surface area is 201 Å². The lowest BCUT2D eigenvalue weighted by Gasteiger charge is -2.07. The molecule has 0 saturated carbocycles. The Morgan fingerprint density at radius 3 is 2.71 bits per heavy atom. The fraction of sp³-hybridized carbons (Fsp3) is 0.238. The fourth-order valence-corrected chi connectivity index (χ4v) is 4.00. The second kappa shape index (κ2) is 10.7. The van der Waals surface area contributed by atoms with E-state index in [2.05, 4.69) is 10.4 Å². The summed E-state index contributed by atoms with van der Waals surface area (Å²) in [6.45, 7) is 3.14. The third-order valence-corrected chi connectivity index (χ3v) is 5.81. The number of hydrogen-bond donors (Lipinski definition) is 2. The van der Waals surface area contributed by atoms with E-state index in [9.17, 15) is 28.9 Å². The van der Waals surface area contributed by atoms with Crippen molar-refractivity contribution in [3.63, 3.8) is 0 Å². The van der Waals surface area contributed by atoms with E-state index in [1.807, 2.05) is 6.92 Å². The van der Waals surface area contributed by atoms with Gasteiger partial charge in [0, 0.05) is 18.3 Å². The smallest absolute Gasteiger partial charge is 0.341 e. The molecule has 12 nitrogen and oxygen atoms in total. The monoisotopic (exact) mass is 505 g/mol. The highest BCUT2D eigenvalue weighted by Crippen LogP contribution is 2.34. The van der Waals surface area contributed by atoms with Crippen LogP contribution in [0.2, 0.25) is 0 Å². The molecule has 0 radical (unpaired) electrons. The minimum absolute atomic E-state index is 0.0202. The number of nitro benzene ring substituents is 1. The summed E-state index contributed by atoms with van der Waals surface area (Å²) in [7, 11) is 0. The first kappa shape index (κ1) is 25.3. The first-order valence-electron chi connectivity index (χ1n) is 10.1. The Morgan fingerprint density at radius 1 is 1.31 bits per heavy atom. The number of nitrogens with two attached hydrogens (primary N) is 1. The van der Waals surface area contributed by atoms with Crippen LogP contribution in [-0.2, 0) is 11.5 Å². The number of ether oxygens (including phenoxy) is 2. The van der Waals surface area contributed by atoms with E-state index in [1.165, 1.54) is 19.2 Å². The van der Waals surface area contributed by atoms with Crippen LogP contribution in [0.4, 0.5) is 15.1 Å². The molecule has 184 valence electrons. The molecular weight excluding hydrogens is 485 g/mol. The summed E-state index contributed by atoms with van der Waals surface area (Å²) in [6, 6.07) is 4.11. The fourth-order valence-electron chi connectivity index (χ4n) is 2.96. The number of anilines is 1. The lowest BCUT2D eigenvalue weighted by molar-refractivity contribution is -0.386. The van der Waals surface area contributed by atoms with E-state index in [0.717, 1.165) is 34.2 Å². The van der Waals surface area contributed by atoms with Gasteiger partial charge >= 0.3 is 11.7 Å². The van der Waals surface area contributed by atoms with E-state index in [1.54, 1.807) is 0 Å². The maximum atomic E-state index is 13.5. The van der Waals surface area contributed by atoms with Gasteiger partial charge < -0.3 is 20.5 Å². The molecule has 3 rings (SSSR count). The van der Waals surface area contributed by atoms with Crippen LogP contribution < -0.4 is 15.8 Å². The number of amides is 2. The molecule has 0 saturated heterocycles. The van der Waals surface area contributed by atoms with Crippen LogP contribution in [-0.4, -0.2) is 39.1 Å². The number of carbonyl (C=O) groups is 3. The van der Waals surface area contributed by atoms with E-state index >= 15 is 0 Å². The SMILES string of the molecule is CCCOC(=O)c1c(NC(=O)c2ccn(COc3cc(F)ccc3[N+](=O)[O-])n2)sc(C(N)=O)c1C. The van der Waals surface area contributed by atoms with E-state index in [0.29, 0.717) is 6.42 Å². The minimum Gasteiger partial charge on any atom is -0.464 e. The van der Waals surface area contributed by atoms with Gasteiger partial charge in [0.2, 0.25) is 5.75 Å². The lowest BCUT2D eigenvalue weighted by atomic mass is 10.1. The van der Waals surface area contributed by atoms with Crippen molar-refractivity contribution < 1.29 is 33.2 Å². The molecule has 35 heavy (non-hydrogen) atoms. The highest BCUT2D eigenvalue weighted by molar-refractivity contribution is 7.18. The van der Waals surface area contributed by atoms with Gasteiger partial charge in [-0.1, -0.05) is 6.92 Å². The number of aromatic nitrogens is 2. The van der Waals surface area contributed by atoms with Gasteiger partial charge in [0.05, 0.1) is 22.0 Å². The first-order chi connectivity index (χ1) is 16.6. The topological polar surface area (TPSA) is 169 Å². The summed E-state index contributed by atoms with van der Waals surface area (Å²) in [6.07, 6.45) is 1.95. The molecule has 0 atom stereocenters. The lowest BCUT2D eigenvalue weighted by Crippen LogP contribution is -2.16. The molecule has 0 aliphatic heterocycles. The number of hydrogen-bond acceptors (Lipinski definition) is 9. The molecule has 2 aromatic heterocycles. The third kappa shape index (κ3) is 5.78. The molecule has 0 unspecified atom stereocenters. The molecular formula is C21H20FN5O7S. The van der Waals surface area contributed by atoms with Crippen molar-refractivity contribution in [1.29, 1.82) is 0 Å². The van der Waals surface area contributed by atoms with Crippen LogP contribution in [0.3, 0.4) is 0 Å². The van der Waals surface area contributed by atoms with Gasteiger partial charge in [-0.15, -0.1) is 11.3 Å². The zero-order valence-electron chi connectivity index (χ0n) is 18.6. The molecule has 0 bridgehead atoms. The summed E-state index contributed by atoms with van der Waals surface area (Å²) in [4.78, 5) is 47.4. The maximum absolute atomic E-state index is 13.5. The van der Waals surface area contributed by atoms with Crippen LogP contribution in [0.15, 0.2) is 30.5 Å². The quantitative estimate of drug-likeness (QED) is 0.240. The van der Waals surface area contributed by atoms with Crippen LogP contribution >= 0.6 is 11.3 Å². The maximum Gasteiger partial charge on any atom is 0.341 e. The van der Waals surface area contributed by atoms with Crippen molar-refractivity contribution in [1.82, 2.24) is 9.78 Å². The van der Waals surface area contributed by atoms with Crippen LogP contribution in [0.5, 0.6) is 5.75 Å². The van der Waals surface area contributed by atoms with Crippen molar-refractivity contribution in [2.45, 2.75) is 27.0 Å². The Hall–Kier alpha value is -4.33. The summed E-state index contributed by atoms with van der Waals surface area (Å²) < 4.78 is 25.0. The van der Waals surface area contributed by atoms with Crippen LogP contribution in [0, 0.1) is 22.9 Å². The molecule has 0 aliphatic rings. The van der Waals surface area contributed by atoms with Crippen molar-refractivity contribution >= 4 is 39.8 Å². The van der Waals surface area contributed by atoms with Crippen molar-refractivity contribution in [2.24, 2.45) is 5.73 Å². The molecule has 3 aromatic rings. The molecule has 0 fully saturated rings. The van der Waals surface area contributed by atoms with Gasteiger partial charge in [-0.2, -0.15) is 5.10 Å². The normalized spacial score (nSPS) is 10.6. The predicted molar refractivity (Wildman–Crippen MR) is 122 cm³/mol. The highest BCUT2D eigenvalue weighted by Gasteiger charge is 2.26. The molecule has 1 aromatic carbocycles. The van der Waals surface area contributed by atoms with Crippen molar-refractivity contribution in [2.75, 3.05) is 11.9 Å². The van der Waals surface area contributed by atoms with Gasteiger partial charge in [-0.25, -0.2) is 13.9 Å². The molecule has 14 heteroatoms. The molecule has 0 aliphatic carbocycles. The van der Waals surface area contributed by atoms with Crippen molar-refractivity contribution in [3.05, 3.63) is 68.1 Å². The number of esters is 1. The number of primary amides is 1. The Balaban J connectivity index is 1.77. The van der Waals surface area contributed by atoms with Gasteiger partial charge in [0.1, 0.15) is 10.8 Å². The first-order valence-corrected chi connectivity index (χ1v) is 11.0. The number of thiophene rings is 1. The zero-order valence-corrected chi connectivity index (χ0v) is 19.4. The summed E-state index contributed by atoms with van der Waals surface area (Å²) in [5, 5.41) is 17.7. The number of nitrogens with one attached hydrogen (secondary N) is 1. The average Bonchev–Trinajstić information content (AvgIpc) is 3.40.